The van der Waals surface area contributed by atoms with Crippen molar-refractivity contribution < 1.29 is 0 Å². The zero-order chi connectivity index (χ0) is 36.6. The van der Waals surface area contributed by atoms with E-state index in [2.05, 4.69) is 121 Å². The lowest BCUT2D eigenvalue weighted by Crippen LogP contribution is -1.96. The Bertz CT molecular complexity index is 2830. The van der Waals surface area contributed by atoms with E-state index in [1.165, 1.54) is 25.7 Å². The van der Waals surface area contributed by atoms with Crippen LogP contribution in [0.2, 0.25) is 0 Å². The van der Waals surface area contributed by atoms with Gasteiger partial charge in [-0.25, -0.2) is 19.9 Å². The van der Waals surface area contributed by atoms with Gasteiger partial charge in [0.2, 0.25) is 0 Å². The zero-order valence-corrected chi connectivity index (χ0v) is 30.5. The smallest absolute Gasteiger partial charge is 0.160 e. The highest BCUT2D eigenvalue weighted by atomic mass is 32.1. The summed E-state index contributed by atoms with van der Waals surface area (Å²) in [6.45, 7) is 0. The first-order valence-electron chi connectivity index (χ1n) is 18.3. The summed E-state index contributed by atoms with van der Waals surface area (Å²) < 4.78 is 2.47. The van der Waals surface area contributed by atoms with Crippen molar-refractivity contribution in [2.24, 2.45) is 0 Å². The number of benzene rings is 7. The molecule has 10 aromatic rings. The minimum absolute atomic E-state index is 0.697. The minimum Gasteiger partial charge on any atom is -0.228 e. The van der Waals surface area contributed by atoms with Gasteiger partial charge in [0, 0.05) is 53.6 Å². The van der Waals surface area contributed by atoms with Crippen LogP contribution in [0.5, 0.6) is 0 Å². The summed E-state index contributed by atoms with van der Waals surface area (Å²) in [4.78, 5) is 20.3. The second kappa shape index (κ2) is 14.0. The highest BCUT2D eigenvalue weighted by molar-refractivity contribution is 7.26. The summed E-state index contributed by atoms with van der Waals surface area (Å²) in [5.41, 5.74) is 12.1. The molecule has 0 fully saturated rings. The molecule has 0 unspecified atom stereocenters. The van der Waals surface area contributed by atoms with Crippen LogP contribution in [-0.2, 0) is 0 Å². The van der Waals surface area contributed by atoms with E-state index in [9.17, 15) is 0 Å². The molecule has 0 atom stereocenters. The van der Waals surface area contributed by atoms with Gasteiger partial charge in [0.05, 0.1) is 22.8 Å². The Morgan fingerprint density at radius 1 is 0.291 bits per heavy atom. The van der Waals surface area contributed by atoms with Gasteiger partial charge in [0.1, 0.15) is 0 Å². The van der Waals surface area contributed by atoms with Gasteiger partial charge in [-0.3, -0.25) is 0 Å². The lowest BCUT2D eigenvalue weighted by Gasteiger charge is -2.11. The van der Waals surface area contributed by atoms with E-state index in [4.69, 9.17) is 19.9 Å². The molecule has 0 spiro atoms. The first-order chi connectivity index (χ1) is 27.2. The molecule has 0 saturated heterocycles. The van der Waals surface area contributed by atoms with Gasteiger partial charge in [0.25, 0.3) is 0 Å². The topological polar surface area (TPSA) is 51.6 Å². The molecule has 4 nitrogen and oxygen atoms in total. The number of nitrogens with zero attached hydrogens (tertiary/aromatic N) is 4. The van der Waals surface area contributed by atoms with Crippen molar-refractivity contribution in [2.45, 2.75) is 0 Å². The van der Waals surface area contributed by atoms with Gasteiger partial charge in [0.15, 0.2) is 11.6 Å². The van der Waals surface area contributed by atoms with Crippen molar-refractivity contribution in [2.75, 3.05) is 0 Å². The van der Waals surface area contributed by atoms with Crippen molar-refractivity contribution in [3.8, 4) is 78.9 Å². The van der Waals surface area contributed by atoms with E-state index in [1.807, 2.05) is 84.1 Å². The van der Waals surface area contributed by atoms with Gasteiger partial charge in [-0.1, -0.05) is 158 Å². The maximum Gasteiger partial charge on any atom is 0.160 e. The molecule has 0 aliphatic rings. The molecule has 0 amide bonds. The molecule has 258 valence electrons. The average Bonchev–Trinajstić information content (AvgIpc) is 3.66. The Morgan fingerprint density at radius 3 is 1.18 bits per heavy atom. The van der Waals surface area contributed by atoms with Crippen molar-refractivity contribution >= 4 is 31.5 Å². The van der Waals surface area contributed by atoms with Crippen molar-refractivity contribution in [1.82, 2.24) is 19.9 Å². The summed E-state index contributed by atoms with van der Waals surface area (Å²) >= 11 is 1.81. The first-order valence-corrected chi connectivity index (χ1v) is 19.1. The summed E-state index contributed by atoms with van der Waals surface area (Å²) in [5, 5.41) is 2.42. The molecule has 0 aliphatic heterocycles. The Hall–Kier alpha value is -7.08. The Kier molecular flexibility index (Phi) is 8.32. The molecule has 3 aromatic heterocycles. The molecule has 0 aliphatic carbocycles. The van der Waals surface area contributed by atoms with Crippen LogP contribution >= 0.6 is 11.3 Å². The second-order valence-electron chi connectivity index (χ2n) is 13.5. The van der Waals surface area contributed by atoms with Crippen LogP contribution in [0.15, 0.2) is 194 Å². The van der Waals surface area contributed by atoms with E-state index >= 15 is 0 Å². The lowest BCUT2D eigenvalue weighted by molar-refractivity contribution is 1.18. The fourth-order valence-electron chi connectivity index (χ4n) is 7.19. The molecular formula is C50H32N4S. The number of hydrogen-bond acceptors (Lipinski definition) is 5. The van der Waals surface area contributed by atoms with Gasteiger partial charge in [-0.05, 0) is 47.5 Å². The average molecular weight is 721 g/mol. The summed E-state index contributed by atoms with van der Waals surface area (Å²) in [6.07, 6.45) is 0. The third-order valence-corrected chi connectivity index (χ3v) is 11.1. The van der Waals surface area contributed by atoms with Crippen LogP contribution in [0.25, 0.3) is 99.1 Å². The van der Waals surface area contributed by atoms with Crippen LogP contribution in [-0.4, -0.2) is 19.9 Å². The molecule has 3 heterocycles. The molecule has 5 heteroatoms. The van der Waals surface area contributed by atoms with E-state index in [0.29, 0.717) is 11.6 Å². The van der Waals surface area contributed by atoms with Gasteiger partial charge >= 0.3 is 0 Å². The largest absolute Gasteiger partial charge is 0.228 e. The van der Waals surface area contributed by atoms with E-state index in [1.54, 1.807) is 0 Å². The van der Waals surface area contributed by atoms with Crippen LogP contribution in [0.3, 0.4) is 0 Å². The van der Waals surface area contributed by atoms with Crippen LogP contribution in [0.1, 0.15) is 0 Å². The molecule has 0 N–H and O–H groups in total. The van der Waals surface area contributed by atoms with Crippen molar-refractivity contribution in [1.29, 1.82) is 0 Å². The van der Waals surface area contributed by atoms with E-state index in [-0.39, 0.29) is 0 Å². The van der Waals surface area contributed by atoms with Gasteiger partial charge in [-0.2, -0.15) is 0 Å². The third kappa shape index (κ3) is 6.37. The molecule has 55 heavy (non-hydrogen) atoms. The van der Waals surface area contributed by atoms with Crippen molar-refractivity contribution in [3.63, 3.8) is 0 Å². The Labute approximate surface area is 323 Å². The summed E-state index contributed by atoms with van der Waals surface area (Å²) in [5.74, 6) is 1.40. The predicted molar refractivity (Wildman–Crippen MR) is 229 cm³/mol. The monoisotopic (exact) mass is 720 g/mol. The molecule has 0 bridgehead atoms. The van der Waals surface area contributed by atoms with Crippen LogP contribution in [0, 0.1) is 0 Å². The molecule has 0 radical (unpaired) electrons. The fraction of sp³-hybridized carbons (Fsp3) is 0. The molecule has 7 aromatic carbocycles. The SMILES string of the molecule is c1ccc(-c2cc(-c3ccccc3)nc(-c3ccc(-c4cccc5sc6ccc(-c7nc(-c8ccccc8)cc(-c8ccccc8)n7)cc6c45)cc3)n2)cc1. The normalized spacial score (nSPS) is 11.3. The Morgan fingerprint density at radius 2 is 0.709 bits per heavy atom. The number of aromatic nitrogens is 4. The third-order valence-electron chi connectivity index (χ3n) is 9.94. The van der Waals surface area contributed by atoms with E-state index in [0.717, 1.165) is 61.7 Å². The maximum absolute atomic E-state index is 5.12. The zero-order valence-electron chi connectivity index (χ0n) is 29.7. The first kappa shape index (κ1) is 32.6. The van der Waals surface area contributed by atoms with Gasteiger partial charge < -0.3 is 0 Å². The van der Waals surface area contributed by atoms with Crippen LogP contribution < -0.4 is 0 Å². The number of thiophene rings is 1. The lowest BCUT2D eigenvalue weighted by atomic mass is 9.97. The highest BCUT2D eigenvalue weighted by Gasteiger charge is 2.16. The highest BCUT2D eigenvalue weighted by Crippen LogP contribution is 2.42. The summed E-state index contributed by atoms with van der Waals surface area (Å²) in [6, 6.07) is 67.3. The standard InChI is InChI=1S/C50H32N4S/c1-5-14-34(15-6-1)42-31-43(35-16-7-2-8-17-35)52-49(51-42)38-26-24-33(25-27-38)40-22-13-23-47-48(40)41-30-39(28-29-46(41)55-47)50-53-44(36-18-9-3-10-19-36)32-45(54-50)37-20-11-4-12-21-37/h1-32H. The van der Waals surface area contributed by atoms with Crippen molar-refractivity contribution in [3.05, 3.63) is 194 Å². The fourth-order valence-corrected chi connectivity index (χ4v) is 8.30. The molecule has 10 rings (SSSR count). The molecular weight excluding hydrogens is 689 g/mol. The number of hydrogen-bond donors (Lipinski definition) is 0. The number of rotatable bonds is 7. The van der Waals surface area contributed by atoms with Crippen LogP contribution in [0.4, 0.5) is 0 Å². The van der Waals surface area contributed by atoms with Gasteiger partial charge in [-0.15, -0.1) is 11.3 Å². The second-order valence-corrected chi connectivity index (χ2v) is 14.5. The summed E-state index contributed by atoms with van der Waals surface area (Å²) in [7, 11) is 0. The number of fused-ring (bicyclic) bond motifs is 3. The minimum atomic E-state index is 0.697. The maximum atomic E-state index is 5.12. The Balaban J connectivity index is 1.07. The quantitative estimate of drug-likeness (QED) is 0.164. The molecule has 0 saturated carbocycles. The predicted octanol–water partition coefficient (Wildman–Crippen LogP) is 13.3. The van der Waals surface area contributed by atoms with E-state index < -0.39 is 0 Å².